The number of imidazole rings is 1. The van der Waals surface area contributed by atoms with Crippen LogP contribution in [0.1, 0.15) is 12.7 Å². The molecule has 0 fully saturated rings. The number of rotatable bonds is 4. The molecule has 0 aliphatic heterocycles. The van der Waals surface area contributed by atoms with Crippen molar-refractivity contribution in [2.75, 3.05) is 5.32 Å². The van der Waals surface area contributed by atoms with Gasteiger partial charge in [-0.2, -0.15) is 0 Å². The maximum atomic E-state index is 11.6. The van der Waals surface area contributed by atoms with Gasteiger partial charge >= 0.3 is 6.03 Å². The fraction of sp³-hybridized carbons (Fsp3) is 0.364. The summed E-state index contributed by atoms with van der Waals surface area (Å²) in [6.45, 7) is 4.33. The third kappa shape index (κ3) is 3.34. The van der Waals surface area contributed by atoms with Gasteiger partial charge in [-0.05, 0) is 13.8 Å². The van der Waals surface area contributed by atoms with Gasteiger partial charge in [0.1, 0.15) is 5.76 Å². The van der Waals surface area contributed by atoms with E-state index in [9.17, 15) is 4.79 Å². The second-order valence-corrected chi connectivity index (χ2v) is 4.08. The number of carbonyl (C=O) groups is 1. The number of amides is 2. The maximum absolute atomic E-state index is 11.6. The van der Waals surface area contributed by atoms with Crippen LogP contribution in [-0.4, -0.2) is 26.8 Å². The lowest BCUT2D eigenvalue weighted by atomic mass is 10.3. The molecular weight excluding hydrogens is 234 g/mol. The molecule has 7 heteroatoms. The van der Waals surface area contributed by atoms with Gasteiger partial charge in [-0.1, -0.05) is 5.16 Å². The normalized spacial score (nSPS) is 12.1. The third-order valence-corrected chi connectivity index (χ3v) is 2.29. The zero-order valence-electron chi connectivity index (χ0n) is 10.3. The summed E-state index contributed by atoms with van der Waals surface area (Å²) in [5, 5.41) is 9.07. The van der Waals surface area contributed by atoms with Crippen molar-refractivity contribution in [1.29, 1.82) is 0 Å². The molecule has 2 amide bonds. The Morgan fingerprint density at radius 2 is 2.44 bits per heavy atom. The van der Waals surface area contributed by atoms with Crippen molar-refractivity contribution < 1.29 is 9.32 Å². The smallest absolute Gasteiger partial charge is 0.320 e. The first-order chi connectivity index (χ1) is 8.63. The molecule has 2 rings (SSSR count). The van der Waals surface area contributed by atoms with Crippen LogP contribution in [0, 0.1) is 6.92 Å². The van der Waals surface area contributed by atoms with Gasteiger partial charge in [0.25, 0.3) is 0 Å². The van der Waals surface area contributed by atoms with Gasteiger partial charge in [0.05, 0.1) is 6.33 Å². The van der Waals surface area contributed by atoms with Crippen LogP contribution in [-0.2, 0) is 6.54 Å². The molecule has 2 N–H and O–H groups in total. The highest BCUT2D eigenvalue weighted by atomic mass is 16.5. The van der Waals surface area contributed by atoms with E-state index in [-0.39, 0.29) is 12.1 Å². The topological polar surface area (TPSA) is 85.0 Å². The fourth-order valence-electron chi connectivity index (χ4n) is 1.56. The quantitative estimate of drug-likeness (QED) is 0.857. The van der Waals surface area contributed by atoms with E-state index in [0.717, 1.165) is 0 Å². The first-order valence-corrected chi connectivity index (χ1v) is 5.60. The number of hydrogen-bond donors (Lipinski definition) is 2. The molecule has 0 saturated heterocycles. The molecule has 0 radical (unpaired) electrons. The Morgan fingerprint density at radius 1 is 1.61 bits per heavy atom. The molecule has 96 valence electrons. The lowest BCUT2D eigenvalue weighted by Crippen LogP contribution is -2.38. The van der Waals surface area contributed by atoms with Crippen LogP contribution in [0.5, 0.6) is 0 Å². The molecule has 0 aliphatic rings. The van der Waals surface area contributed by atoms with E-state index in [1.807, 2.05) is 17.7 Å². The molecule has 2 aromatic rings. The van der Waals surface area contributed by atoms with Crippen molar-refractivity contribution >= 4 is 11.8 Å². The monoisotopic (exact) mass is 249 g/mol. The zero-order valence-corrected chi connectivity index (χ0v) is 10.3. The average molecular weight is 249 g/mol. The lowest BCUT2D eigenvalue weighted by molar-refractivity contribution is 0.247. The summed E-state index contributed by atoms with van der Waals surface area (Å²) in [5.74, 6) is 1.05. The number of anilines is 1. The second kappa shape index (κ2) is 5.35. The molecule has 18 heavy (non-hydrogen) atoms. The number of hydrogen-bond acceptors (Lipinski definition) is 4. The minimum absolute atomic E-state index is 0.0211. The van der Waals surface area contributed by atoms with E-state index < -0.39 is 0 Å². The second-order valence-electron chi connectivity index (χ2n) is 4.08. The minimum Gasteiger partial charge on any atom is -0.360 e. The predicted molar refractivity (Wildman–Crippen MR) is 65.1 cm³/mol. The zero-order chi connectivity index (χ0) is 13.0. The standard InChI is InChI=1S/C11H15N5O2/c1-8(6-16-4-3-12-7-16)13-11(17)14-10-5-9(2)18-15-10/h3-5,7-8H,6H2,1-2H3,(H2,13,14,15,17)/t8-/m1/s1. The van der Waals surface area contributed by atoms with E-state index in [0.29, 0.717) is 18.1 Å². The van der Waals surface area contributed by atoms with Crippen molar-refractivity contribution in [2.24, 2.45) is 0 Å². The van der Waals surface area contributed by atoms with Gasteiger partial charge < -0.3 is 14.4 Å². The van der Waals surface area contributed by atoms with Crippen LogP contribution in [0.15, 0.2) is 29.3 Å². The Bertz CT molecular complexity index is 505. The number of aryl methyl sites for hydroxylation is 1. The number of carbonyl (C=O) groups excluding carboxylic acids is 1. The van der Waals surface area contributed by atoms with Crippen LogP contribution in [0.2, 0.25) is 0 Å². The Hall–Kier alpha value is -2.31. The van der Waals surface area contributed by atoms with Gasteiger partial charge in [0, 0.05) is 31.0 Å². The Labute approximate surface area is 104 Å². The van der Waals surface area contributed by atoms with Crippen LogP contribution >= 0.6 is 0 Å². The lowest BCUT2D eigenvalue weighted by Gasteiger charge is -2.14. The third-order valence-electron chi connectivity index (χ3n) is 2.29. The van der Waals surface area contributed by atoms with Gasteiger partial charge in [0.2, 0.25) is 0 Å². The summed E-state index contributed by atoms with van der Waals surface area (Å²) in [4.78, 5) is 15.6. The van der Waals surface area contributed by atoms with Gasteiger partial charge in [0.15, 0.2) is 5.82 Å². The van der Waals surface area contributed by atoms with Gasteiger partial charge in [-0.25, -0.2) is 9.78 Å². The highest BCUT2D eigenvalue weighted by Gasteiger charge is 2.09. The Balaban J connectivity index is 1.80. The Morgan fingerprint density at radius 3 is 3.06 bits per heavy atom. The molecule has 0 unspecified atom stereocenters. The molecule has 2 aromatic heterocycles. The van der Waals surface area contributed by atoms with Crippen LogP contribution in [0.3, 0.4) is 0 Å². The van der Waals surface area contributed by atoms with Crippen molar-refractivity contribution in [3.05, 3.63) is 30.5 Å². The summed E-state index contributed by atoms with van der Waals surface area (Å²) in [5.41, 5.74) is 0. The largest absolute Gasteiger partial charge is 0.360 e. The van der Waals surface area contributed by atoms with Crippen molar-refractivity contribution in [2.45, 2.75) is 26.4 Å². The van der Waals surface area contributed by atoms with E-state index in [2.05, 4.69) is 20.8 Å². The summed E-state index contributed by atoms with van der Waals surface area (Å²) in [6, 6.07) is 1.32. The number of nitrogens with zero attached hydrogens (tertiary/aromatic N) is 3. The maximum Gasteiger partial charge on any atom is 0.320 e. The molecule has 0 saturated carbocycles. The van der Waals surface area contributed by atoms with E-state index >= 15 is 0 Å². The molecule has 0 aliphatic carbocycles. The van der Waals surface area contributed by atoms with E-state index in [1.165, 1.54) is 0 Å². The van der Waals surface area contributed by atoms with Crippen LogP contribution in [0.4, 0.5) is 10.6 Å². The van der Waals surface area contributed by atoms with Gasteiger partial charge in [-0.3, -0.25) is 5.32 Å². The first kappa shape index (κ1) is 12.2. The molecular formula is C11H15N5O2. The summed E-state index contributed by atoms with van der Waals surface area (Å²) >= 11 is 0. The number of urea groups is 1. The summed E-state index contributed by atoms with van der Waals surface area (Å²) in [6.07, 6.45) is 5.25. The van der Waals surface area contributed by atoms with Crippen LogP contribution in [0.25, 0.3) is 0 Å². The molecule has 1 atom stereocenters. The highest BCUT2D eigenvalue weighted by molar-refractivity contribution is 5.88. The molecule has 2 heterocycles. The highest BCUT2D eigenvalue weighted by Crippen LogP contribution is 2.06. The Kier molecular flexibility index (Phi) is 3.61. The first-order valence-electron chi connectivity index (χ1n) is 5.60. The summed E-state index contributed by atoms with van der Waals surface area (Å²) in [7, 11) is 0. The van der Waals surface area contributed by atoms with Crippen molar-refractivity contribution in [3.8, 4) is 0 Å². The average Bonchev–Trinajstić information content (AvgIpc) is 2.90. The van der Waals surface area contributed by atoms with Gasteiger partial charge in [-0.15, -0.1) is 0 Å². The number of aromatic nitrogens is 3. The molecule has 0 bridgehead atoms. The van der Waals surface area contributed by atoms with Crippen molar-refractivity contribution in [1.82, 2.24) is 20.0 Å². The van der Waals surface area contributed by atoms with Crippen molar-refractivity contribution in [3.63, 3.8) is 0 Å². The minimum atomic E-state index is -0.309. The predicted octanol–water partition coefficient (Wildman–Crippen LogP) is 1.39. The molecule has 0 aromatic carbocycles. The molecule has 0 spiro atoms. The summed E-state index contributed by atoms with van der Waals surface area (Å²) < 4.78 is 6.74. The SMILES string of the molecule is Cc1cc(NC(=O)N[C@H](C)Cn2ccnc2)no1. The van der Waals surface area contributed by atoms with E-state index in [4.69, 9.17) is 4.52 Å². The number of nitrogens with one attached hydrogen (secondary N) is 2. The fourth-order valence-corrected chi connectivity index (χ4v) is 1.56. The molecule has 7 nitrogen and oxygen atoms in total. The van der Waals surface area contributed by atoms with E-state index in [1.54, 1.807) is 25.5 Å². The van der Waals surface area contributed by atoms with Crippen LogP contribution < -0.4 is 10.6 Å².